The molecule has 3 aromatic rings. The molecule has 2 aromatic heterocycles. The Morgan fingerprint density at radius 1 is 1.29 bits per heavy atom. The Morgan fingerprint density at radius 3 is 2.76 bits per heavy atom. The first-order valence-corrected chi connectivity index (χ1v) is 17.2. The number of aliphatic carboxylic acids is 1. The number of hydrogen-bond donors (Lipinski definition) is 5. The van der Waals surface area contributed by atoms with Gasteiger partial charge in [0.05, 0.1) is 16.4 Å². The van der Waals surface area contributed by atoms with Crippen LogP contribution in [0.5, 0.6) is 0 Å². The lowest BCUT2D eigenvalue weighted by Gasteiger charge is -2.49. The number of aromatic nitrogens is 2. The second-order valence-electron chi connectivity index (χ2n) is 8.59. The van der Waals surface area contributed by atoms with E-state index in [1.165, 1.54) is 45.1 Å². The quantitative estimate of drug-likeness (QED) is 0.0497. The average Bonchev–Trinajstić information content (AvgIpc) is 3.54. The summed E-state index contributed by atoms with van der Waals surface area (Å²) in [6.45, 7) is -0.472. The fraction of sp³-hybridized carbons (Fsp3) is 0.273. The van der Waals surface area contributed by atoms with Crippen molar-refractivity contribution in [3.63, 3.8) is 0 Å². The maximum Gasteiger partial charge on any atom is 0.352 e. The van der Waals surface area contributed by atoms with E-state index in [1.54, 1.807) is 0 Å². The first-order chi connectivity index (χ1) is 19.5. The number of para-hydroxylation sites is 1. The molecule has 41 heavy (non-hydrogen) atoms. The van der Waals surface area contributed by atoms with Gasteiger partial charge in [-0.05, 0) is 17.7 Å². The Bertz CT molecular complexity index is 1600. The molecule has 2 aliphatic heterocycles. The van der Waals surface area contributed by atoms with E-state index >= 15 is 0 Å². The van der Waals surface area contributed by atoms with Gasteiger partial charge in [-0.1, -0.05) is 29.1 Å². The standard InChI is InChI=1S/C22H21N6O8PS4/c23-21-24-12(9-39-21)14(27-36-5-6-37(33,34)35)17(29)26-15-18(30)28-16(20(31)32)10(7-38-19(15)28)8-40-22-25-11-3-1-2-4-13(11)41-22/h1-4,9,15,19H,5-8H2,(H2,23,24)(H,26,29)(H,31,32)(H2,33,34,35)/t15?,19-/m1/s1. The van der Waals surface area contributed by atoms with Crippen LogP contribution in [0.25, 0.3) is 10.2 Å². The van der Waals surface area contributed by atoms with Crippen molar-refractivity contribution < 1.29 is 38.7 Å². The number of fused-ring (bicyclic) bond motifs is 2. The van der Waals surface area contributed by atoms with E-state index in [1.807, 2.05) is 24.3 Å². The molecule has 14 nitrogen and oxygen atoms in total. The predicted octanol–water partition coefficient (Wildman–Crippen LogP) is 1.76. The number of amides is 2. The summed E-state index contributed by atoms with van der Waals surface area (Å²) in [5.41, 5.74) is 6.67. The van der Waals surface area contributed by atoms with Crippen LogP contribution in [0.2, 0.25) is 0 Å². The van der Waals surface area contributed by atoms with Crippen molar-refractivity contribution in [1.29, 1.82) is 0 Å². The fourth-order valence-electron chi connectivity index (χ4n) is 3.94. The molecule has 6 N–H and O–H groups in total. The number of carboxylic acids is 1. The molecule has 19 heteroatoms. The molecular weight excluding hydrogens is 636 g/mol. The summed E-state index contributed by atoms with van der Waals surface area (Å²) < 4.78 is 12.9. The molecule has 1 fully saturated rings. The largest absolute Gasteiger partial charge is 0.477 e. The van der Waals surface area contributed by atoms with Crippen LogP contribution in [0.1, 0.15) is 5.69 Å². The number of carbonyl (C=O) groups is 3. The van der Waals surface area contributed by atoms with Crippen LogP contribution in [0, 0.1) is 0 Å². The Hall–Kier alpha value is -2.99. The molecule has 0 spiro atoms. The minimum atomic E-state index is -4.35. The van der Waals surface area contributed by atoms with Gasteiger partial charge in [-0.25, -0.2) is 14.8 Å². The SMILES string of the molecule is Nc1nc(C(=NOCCP(=O)(O)O)C(=O)NC2C(=O)N3C(C(=O)O)=C(CSc4nc5ccccc5s4)CS[C@H]23)cs1. The highest BCUT2D eigenvalue weighted by atomic mass is 32.2. The third kappa shape index (κ3) is 6.58. The molecule has 0 aliphatic carbocycles. The zero-order valence-electron chi connectivity index (χ0n) is 20.7. The molecule has 2 atom stereocenters. The maximum absolute atomic E-state index is 13.1. The van der Waals surface area contributed by atoms with E-state index in [2.05, 4.69) is 20.4 Å². The molecule has 216 valence electrons. The minimum absolute atomic E-state index is 0.0429. The Kier molecular flexibility index (Phi) is 8.70. The van der Waals surface area contributed by atoms with Crippen molar-refractivity contribution in [2.75, 3.05) is 30.0 Å². The van der Waals surface area contributed by atoms with Crippen molar-refractivity contribution in [2.45, 2.75) is 15.8 Å². The number of nitrogens with zero attached hydrogens (tertiary/aromatic N) is 4. The van der Waals surface area contributed by atoms with Gasteiger partial charge in [-0.3, -0.25) is 19.1 Å². The zero-order valence-corrected chi connectivity index (χ0v) is 24.9. The second-order valence-corrected chi connectivity index (χ2v) is 14.6. The van der Waals surface area contributed by atoms with E-state index in [9.17, 15) is 24.1 Å². The number of carboxylic acid groups (broad SMARTS) is 1. The lowest BCUT2D eigenvalue weighted by molar-refractivity contribution is -0.150. The third-order valence-electron chi connectivity index (χ3n) is 5.79. The summed E-state index contributed by atoms with van der Waals surface area (Å²) in [5.74, 6) is -2.03. The van der Waals surface area contributed by atoms with Crippen LogP contribution in [0.15, 0.2) is 50.4 Å². The molecule has 5 rings (SSSR count). The number of β-lactam (4-membered cyclic amide) rings is 1. The molecule has 0 bridgehead atoms. The topological polar surface area (TPSA) is 218 Å². The maximum atomic E-state index is 13.1. The van der Waals surface area contributed by atoms with Crippen molar-refractivity contribution >= 4 is 92.6 Å². The summed E-state index contributed by atoms with van der Waals surface area (Å²) in [4.78, 5) is 71.1. The summed E-state index contributed by atoms with van der Waals surface area (Å²) in [6, 6.07) is 6.63. The molecular formula is C22H21N6O8PS4. The van der Waals surface area contributed by atoms with Gasteiger partial charge in [0.25, 0.3) is 11.8 Å². The molecule has 1 saturated heterocycles. The lowest BCUT2D eigenvalue weighted by Crippen LogP contribution is -2.71. The minimum Gasteiger partial charge on any atom is -0.477 e. The van der Waals surface area contributed by atoms with Crippen LogP contribution in [-0.4, -0.2) is 88.9 Å². The van der Waals surface area contributed by atoms with Crippen LogP contribution < -0.4 is 11.1 Å². The van der Waals surface area contributed by atoms with Gasteiger partial charge in [0.2, 0.25) is 0 Å². The number of anilines is 1. The highest BCUT2D eigenvalue weighted by Crippen LogP contribution is 2.42. The average molecular weight is 657 g/mol. The smallest absolute Gasteiger partial charge is 0.352 e. The van der Waals surface area contributed by atoms with Crippen molar-refractivity contribution in [3.8, 4) is 0 Å². The van der Waals surface area contributed by atoms with Gasteiger partial charge in [0.15, 0.2) is 15.2 Å². The number of thiazole rings is 2. The van der Waals surface area contributed by atoms with Gasteiger partial charge < -0.3 is 30.8 Å². The number of carbonyl (C=O) groups excluding carboxylic acids is 2. The molecule has 0 radical (unpaired) electrons. The summed E-state index contributed by atoms with van der Waals surface area (Å²) in [7, 11) is -4.35. The van der Waals surface area contributed by atoms with E-state index in [0.717, 1.165) is 25.9 Å². The van der Waals surface area contributed by atoms with Crippen molar-refractivity contribution in [2.24, 2.45) is 5.16 Å². The lowest BCUT2D eigenvalue weighted by atomic mass is 10.0. The number of thioether (sulfide) groups is 2. The number of benzene rings is 1. The Labute approximate surface area is 248 Å². The van der Waals surface area contributed by atoms with Crippen LogP contribution in [-0.2, 0) is 23.8 Å². The number of nitrogens with one attached hydrogen (secondary N) is 1. The summed E-state index contributed by atoms with van der Waals surface area (Å²) in [6.07, 6.45) is -0.622. The molecule has 2 aliphatic rings. The highest BCUT2D eigenvalue weighted by Gasteiger charge is 2.54. The third-order valence-corrected chi connectivity index (χ3v) is 10.8. The van der Waals surface area contributed by atoms with Crippen LogP contribution >= 0.6 is 53.8 Å². The van der Waals surface area contributed by atoms with Gasteiger partial charge >= 0.3 is 13.6 Å². The molecule has 2 amide bonds. The first-order valence-electron chi connectivity index (χ1n) is 11.7. The van der Waals surface area contributed by atoms with E-state index < -0.39 is 49.6 Å². The number of oxime groups is 1. The van der Waals surface area contributed by atoms with Crippen molar-refractivity contribution in [1.82, 2.24) is 20.2 Å². The number of nitrogens with two attached hydrogens (primary N) is 1. The van der Waals surface area contributed by atoms with E-state index in [0.29, 0.717) is 17.1 Å². The summed E-state index contributed by atoms with van der Waals surface area (Å²) in [5, 5.41) is 17.1. The number of nitrogen functional groups attached to an aromatic ring is 1. The molecule has 1 unspecified atom stereocenters. The highest BCUT2D eigenvalue weighted by molar-refractivity contribution is 8.02. The van der Waals surface area contributed by atoms with E-state index in [4.69, 9.17) is 20.4 Å². The van der Waals surface area contributed by atoms with Gasteiger partial charge in [-0.15, -0.1) is 34.4 Å². The van der Waals surface area contributed by atoms with Gasteiger partial charge in [0.1, 0.15) is 29.4 Å². The normalized spacial score (nSPS) is 19.2. The fourth-order valence-corrected chi connectivity index (χ4v) is 8.36. The second kappa shape index (κ2) is 12.1. The Balaban J connectivity index is 1.28. The first kappa shape index (κ1) is 29.5. The predicted molar refractivity (Wildman–Crippen MR) is 156 cm³/mol. The van der Waals surface area contributed by atoms with Gasteiger partial charge in [-0.2, -0.15) is 0 Å². The number of rotatable bonds is 11. The summed E-state index contributed by atoms with van der Waals surface area (Å²) >= 11 is 5.25. The number of hydrogen-bond acceptors (Lipinski definition) is 13. The van der Waals surface area contributed by atoms with Crippen LogP contribution in [0.3, 0.4) is 0 Å². The van der Waals surface area contributed by atoms with Crippen molar-refractivity contribution in [3.05, 3.63) is 46.6 Å². The molecule has 1 aromatic carbocycles. The van der Waals surface area contributed by atoms with E-state index in [-0.39, 0.29) is 22.2 Å². The monoisotopic (exact) mass is 656 g/mol. The molecule has 4 heterocycles. The molecule has 0 saturated carbocycles. The zero-order chi connectivity index (χ0) is 29.3. The van der Waals surface area contributed by atoms with Gasteiger partial charge in [0, 0.05) is 16.9 Å². The Morgan fingerprint density at radius 2 is 2.07 bits per heavy atom. The van der Waals surface area contributed by atoms with Crippen LogP contribution in [0.4, 0.5) is 5.13 Å².